The first kappa shape index (κ1) is 18.2. The van der Waals surface area contributed by atoms with Crippen LogP contribution in [0.5, 0.6) is 17.2 Å². The lowest BCUT2D eigenvalue weighted by molar-refractivity contribution is -0.115. The number of ether oxygens (including phenoxy) is 3. The van der Waals surface area contributed by atoms with E-state index >= 15 is 0 Å². The van der Waals surface area contributed by atoms with Gasteiger partial charge in [-0.2, -0.15) is 0 Å². The van der Waals surface area contributed by atoms with E-state index in [1.807, 2.05) is 12.1 Å². The number of nitrogens with one attached hydrogen (secondary N) is 1. The molecule has 0 fully saturated rings. The average molecular weight is 369 g/mol. The van der Waals surface area contributed by atoms with Gasteiger partial charge in [-0.1, -0.05) is 0 Å². The third kappa shape index (κ3) is 4.14. The van der Waals surface area contributed by atoms with Crippen molar-refractivity contribution in [3.8, 4) is 22.9 Å². The van der Waals surface area contributed by atoms with Gasteiger partial charge in [0.15, 0.2) is 11.5 Å². The maximum absolute atomic E-state index is 12.4. The zero-order valence-electron chi connectivity index (χ0n) is 15.2. The van der Waals surface area contributed by atoms with E-state index in [9.17, 15) is 4.79 Å². The molecule has 0 saturated heterocycles. The number of anilines is 1. The standard InChI is InChI=1S/C18H19N5O4/c1-25-15-8-12(9-16(26-2)18(15)27-3)10-17(24)20-13-4-6-14(7-5-13)23-11-19-21-22-23/h4-9,11H,10H2,1-3H3,(H,20,24). The van der Waals surface area contributed by atoms with Crippen molar-refractivity contribution in [3.63, 3.8) is 0 Å². The van der Waals surface area contributed by atoms with Gasteiger partial charge in [0.05, 0.1) is 33.4 Å². The predicted octanol–water partition coefficient (Wildman–Crippen LogP) is 1.87. The first-order valence-electron chi connectivity index (χ1n) is 8.06. The number of hydrogen-bond donors (Lipinski definition) is 1. The van der Waals surface area contributed by atoms with Gasteiger partial charge in [-0.25, -0.2) is 4.68 Å². The monoisotopic (exact) mass is 369 g/mol. The average Bonchev–Trinajstić information content (AvgIpc) is 3.22. The van der Waals surface area contributed by atoms with Crippen LogP contribution >= 0.6 is 0 Å². The molecule has 0 aliphatic carbocycles. The lowest BCUT2D eigenvalue weighted by atomic mass is 10.1. The van der Waals surface area contributed by atoms with Crippen LogP contribution in [0.2, 0.25) is 0 Å². The Morgan fingerprint density at radius 1 is 1.04 bits per heavy atom. The molecule has 0 saturated carbocycles. The van der Waals surface area contributed by atoms with Crippen molar-refractivity contribution in [1.82, 2.24) is 20.2 Å². The molecule has 140 valence electrons. The number of rotatable bonds is 7. The van der Waals surface area contributed by atoms with Crippen molar-refractivity contribution in [1.29, 1.82) is 0 Å². The second-order valence-electron chi connectivity index (χ2n) is 5.56. The second kappa shape index (κ2) is 8.17. The summed E-state index contributed by atoms with van der Waals surface area (Å²) in [4.78, 5) is 12.4. The van der Waals surface area contributed by atoms with Crippen molar-refractivity contribution in [2.45, 2.75) is 6.42 Å². The van der Waals surface area contributed by atoms with Crippen molar-refractivity contribution in [3.05, 3.63) is 48.3 Å². The molecule has 0 aliphatic heterocycles. The number of methoxy groups -OCH3 is 3. The molecular formula is C18H19N5O4. The summed E-state index contributed by atoms with van der Waals surface area (Å²) in [5.74, 6) is 1.33. The van der Waals surface area contributed by atoms with E-state index in [4.69, 9.17) is 14.2 Å². The minimum atomic E-state index is -0.167. The Morgan fingerprint density at radius 3 is 2.22 bits per heavy atom. The van der Waals surface area contributed by atoms with Gasteiger partial charge in [-0.3, -0.25) is 4.79 Å². The normalized spacial score (nSPS) is 10.3. The van der Waals surface area contributed by atoms with E-state index < -0.39 is 0 Å². The highest BCUT2D eigenvalue weighted by Crippen LogP contribution is 2.38. The molecule has 1 amide bonds. The summed E-state index contributed by atoms with van der Waals surface area (Å²) in [6, 6.07) is 10.7. The Kier molecular flexibility index (Phi) is 5.50. The molecular weight excluding hydrogens is 350 g/mol. The summed E-state index contributed by atoms with van der Waals surface area (Å²) in [6.07, 6.45) is 1.66. The van der Waals surface area contributed by atoms with Gasteiger partial charge in [0.1, 0.15) is 6.33 Å². The summed E-state index contributed by atoms with van der Waals surface area (Å²) in [6.45, 7) is 0. The molecule has 1 aromatic heterocycles. The fourth-order valence-corrected chi connectivity index (χ4v) is 2.61. The van der Waals surface area contributed by atoms with Crippen LogP contribution in [0.1, 0.15) is 5.56 Å². The molecule has 9 heteroatoms. The number of hydrogen-bond acceptors (Lipinski definition) is 7. The van der Waals surface area contributed by atoms with Gasteiger partial charge in [0, 0.05) is 5.69 Å². The summed E-state index contributed by atoms with van der Waals surface area (Å²) in [7, 11) is 4.60. The van der Waals surface area contributed by atoms with Crippen LogP contribution in [0.4, 0.5) is 5.69 Å². The van der Waals surface area contributed by atoms with Gasteiger partial charge in [0.25, 0.3) is 0 Å². The Labute approximate surface area is 155 Å². The highest BCUT2D eigenvalue weighted by molar-refractivity contribution is 5.92. The van der Waals surface area contributed by atoms with Crippen LogP contribution in [0.3, 0.4) is 0 Å². The van der Waals surface area contributed by atoms with Gasteiger partial charge in [0.2, 0.25) is 11.7 Å². The van der Waals surface area contributed by atoms with Crippen molar-refractivity contribution >= 4 is 11.6 Å². The van der Waals surface area contributed by atoms with Crippen LogP contribution in [0.25, 0.3) is 5.69 Å². The molecule has 3 rings (SSSR count). The van der Waals surface area contributed by atoms with Crippen LogP contribution in [-0.2, 0) is 11.2 Å². The fourth-order valence-electron chi connectivity index (χ4n) is 2.61. The third-order valence-electron chi connectivity index (χ3n) is 3.85. The number of benzene rings is 2. The van der Waals surface area contributed by atoms with Crippen molar-refractivity contribution in [2.75, 3.05) is 26.6 Å². The molecule has 0 atom stereocenters. The SMILES string of the molecule is COc1cc(CC(=O)Nc2ccc(-n3cnnn3)cc2)cc(OC)c1OC. The quantitative estimate of drug-likeness (QED) is 0.678. The molecule has 1 N–H and O–H groups in total. The Morgan fingerprint density at radius 2 is 1.70 bits per heavy atom. The topological polar surface area (TPSA) is 100 Å². The van der Waals surface area contributed by atoms with Gasteiger partial charge in [-0.15, -0.1) is 5.10 Å². The number of carbonyl (C=O) groups excluding carboxylic acids is 1. The molecule has 0 spiro atoms. The van der Waals surface area contributed by atoms with Crippen LogP contribution < -0.4 is 19.5 Å². The molecule has 0 unspecified atom stereocenters. The maximum atomic E-state index is 12.4. The summed E-state index contributed by atoms with van der Waals surface area (Å²) in [5.41, 5.74) is 2.21. The Balaban J connectivity index is 1.70. The van der Waals surface area contributed by atoms with Crippen LogP contribution in [-0.4, -0.2) is 47.4 Å². The smallest absolute Gasteiger partial charge is 0.228 e. The molecule has 0 radical (unpaired) electrons. The molecule has 2 aromatic carbocycles. The number of carbonyl (C=O) groups is 1. The zero-order valence-corrected chi connectivity index (χ0v) is 15.2. The number of amides is 1. The third-order valence-corrected chi connectivity index (χ3v) is 3.85. The summed E-state index contributed by atoms with van der Waals surface area (Å²) >= 11 is 0. The van der Waals surface area contributed by atoms with Crippen molar-refractivity contribution in [2.24, 2.45) is 0 Å². The van der Waals surface area contributed by atoms with E-state index in [2.05, 4.69) is 20.8 Å². The van der Waals surface area contributed by atoms with Crippen molar-refractivity contribution < 1.29 is 19.0 Å². The Hall–Kier alpha value is -3.62. The highest BCUT2D eigenvalue weighted by Gasteiger charge is 2.15. The second-order valence-corrected chi connectivity index (χ2v) is 5.56. The van der Waals surface area contributed by atoms with Crippen LogP contribution in [0.15, 0.2) is 42.7 Å². The number of nitrogens with zero attached hydrogens (tertiary/aromatic N) is 4. The lowest BCUT2D eigenvalue weighted by Crippen LogP contribution is -2.14. The molecule has 0 bridgehead atoms. The highest BCUT2D eigenvalue weighted by atomic mass is 16.5. The van der Waals surface area contributed by atoms with Gasteiger partial charge >= 0.3 is 0 Å². The Bertz CT molecular complexity index is 885. The molecule has 3 aromatic rings. The maximum Gasteiger partial charge on any atom is 0.228 e. The van der Waals surface area contributed by atoms with E-state index in [1.165, 1.54) is 32.3 Å². The van der Waals surface area contributed by atoms with E-state index in [1.54, 1.807) is 24.3 Å². The van der Waals surface area contributed by atoms with Crippen LogP contribution in [0, 0.1) is 0 Å². The van der Waals surface area contributed by atoms with Gasteiger partial charge in [-0.05, 0) is 52.4 Å². The van der Waals surface area contributed by atoms with E-state index in [0.29, 0.717) is 22.9 Å². The molecule has 27 heavy (non-hydrogen) atoms. The summed E-state index contributed by atoms with van der Waals surface area (Å²) < 4.78 is 17.4. The largest absolute Gasteiger partial charge is 0.493 e. The zero-order chi connectivity index (χ0) is 19.2. The fraction of sp³-hybridized carbons (Fsp3) is 0.222. The summed E-state index contributed by atoms with van der Waals surface area (Å²) in [5, 5.41) is 13.8. The molecule has 0 aliphatic rings. The minimum absolute atomic E-state index is 0.158. The van der Waals surface area contributed by atoms with Gasteiger partial charge < -0.3 is 19.5 Å². The first-order chi connectivity index (χ1) is 13.1. The van der Waals surface area contributed by atoms with E-state index in [0.717, 1.165) is 11.3 Å². The minimum Gasteiger partial charge on any atom is -0.493 e. The number of aromatic nitrogens is 4. The number of tetrazole rings is 1. The lowest BCUT2D eigenvalue weighted by Gasteiger charge is -2.14. The predicted molar refractivity (Wildman–Crippen MR) is 97.6 cm³/mol. The molecule has 9 nitrogen and oxygen atoms in total. The first-order valence-corrected chi connectivity index (χ1v) is 8.06. The molecule has 1 heterocycles. The van der Waals surface area contributed by atoms with E-state index in [-0.39, 0.29) is 12.3 Å².